The molecule has 5 nitrogen and oxygen atoms in total. The fraction of sp³-hybridized carbons (Fsp3) is 0.846. The molecule has 4 atom stereocenters. The monoisotopic (exact) mass is 257 g/mol. The Bertz CT molecular complexity index is 318. The van der Waals surface area contributed by atoms with Crippen molar-refractivity contribution >= 4 is 11.9 Å². The van der Waals surface area contributed by atoms with Crippen molar-refractivity contribution in [1.29, 1.82) is 0 Å². The maximum atomic E-state index is 12.3. The molecule has 0 saturated carbocycles. The van der Waals surface area contributed by atoms with Crippen molar-refractivity contribution < 1.29 is 19.4 Å². The molecule has 0 aromatic carbocycles. The second-order valence-corrected chi connectivity index (χ2v) is 5.11. The van der Waals surface area contributed by atoms with Gasteiger partial charge in [0, 0.05) is 26.0 Å². The van der Waals surface area contributed by atoms with Crippen LogP contribution in [0, 0.1) is 11.8 Å². The van der Waals surface area contributed by atoms with Crippen molar-refractivity contribution in [2.45, 2.75) is 45.8 Å². The van der Waals surface area contributed by atoms with Gasteiger partial charge < -0.3 is 14.7 Å². The minimum absolute atomic E-state index is 0.0729. The number of methoxy groups -OCH3 is 1. The zero-order valence-electron chi connectivity index (χ0n) is 11.5. The Balaban J connectivity index is 2.79. The number of carbonyl (C=O) groups excluding carboxylic acids is 1. The SMILES string of the molecule is CCC(C)C(C)C(=O)N1CC(OC)CC1C(=O)O. The lowest BCUT2D eigenvalue weighted by atomic mass is 9.92. The van der Waals surface area contributed by atoms with E-state index < -0.39 is 12.0 Å². The first-order valence-corrected chi connectivity index (χ1v) is 6.48. The summed E-state index contributed by atoms with van der Waals surface area (Å²) in [5.41, 5.74) is 0. The Morgan fingerprint density at radius 1 is 1.44 bits per heavy atom. The normalized spacial score (nSPS) is 27.0. The molecular formula is C13H23NO4. The summed E-state index contributed by atoms with van der Waals surface area (Å²) in [4.78, 5) is 25.0. The summed E-state index contributed by atoms with van der Waals surface area (Å²) in [6, 6.07) is -0.742. The van der Waals surface area contributed by atoms with Crippen LogP contribution in [0.3, 0.4) is 0 Å². The molecule has 4 unspecified atom stereocenters. The molecule has 1 amide bonds. The number of ether oxygens (including phenoxy) is 1. The van der Waals surface area contributed by atoms with E-state index in [1.165, 1.54) is 4.90 Å². The van der Waals surface area contributed by atoms with Gasteiger partial charge in [-0.3, -0.25) is 4.79 Å². The van der Waals surface area contributed by atoms with Crippen molar-refractivity contribution in [2.75, 3.05) is 13.7 Å². The third-order valence-corrected chi connectivity index (χ3v) is 4.05. The first kappa shape index (κ1) is 15.0. The maximum absolute atomic E-state index is 12.3. The number of amides is 1. The fourth-order valence-electron chi connectivity index (χ4n) is 2.30. The van der Waals surface area contributed by atoms with E-state index in [4.69, 9.17) is 4.74 Å². The van der Waals surface area contributed by atoms with Gasteiger partial charge in [0.2, 0.25) is 5.91 Å². The van der Waals surface area contributed by atoms with E-state index in [0.29, 0.717) is 13.0 Å². The van der Waals surface area contributed by atoms with E-state index in [1.54, 1.807) is 7.11 Å². The van der Waals surface area contributed by atoms with Crippen molar-refractivity contribution in [1.82, 2.24) is 4.90 Å². The highest BCUT2D eigenvalue weighted by atomic mass is 16.5. The summed E-state index contributed by atoms with van der Waals surface area (Å²) >= 11 is 0. The molecule has 0 aliphatic carbocycles. The summed E-state index contributed by atoms with van der Waals surface area (Å²) in [5, 5.41) is 9.17. The molecule has 1 aliphatic heterocycles. The average Bonchev–Trinajstić information content (AvgIpc) is 2.80. The van der Waals surface area contributed by atoms with Gasteiger partial charge in [0.25, 0.3) is 0 Å². The lowest BCUT2D eigenvalue weighted by Gasteiger charge is -2.27. The van der Waals surface area contributed by atoms with Crippen molar-refractivity contribution in [2.24, 2.45) is 11.8 Å². The molecule has 1 aliphatic rings. The van der Waals surface area contributed by atoms with Crippen LogP contribution in [0.1, 0.15) is 33.6 Å². The summed E-state index contributed by atoms with van der Waals surface area (Å²) in [6.45, 7) is 6.30. The minimum Gasteiger partial charge on any atom is -0.480 e. The summed E-state index contributed by atoms with van der Waals surface area (Å²) in [5.74, 6) is -0.906. The number of likely N-dealkylation sites (tertiary alicyclic amines) is 1. The van der Waals surface area contributed by atoms with Gasteiger partial charge in [-0.05, 0) is 5.92 Å². The Hall–Kier alpha value is -1.10. The number of carboxylic acid groups (broad SMARTS) is 1. The van der Waals surface area contributed by atoms with E-state index >= 15 is 0 Å². The van der Waals surface area contributed by atoms with Crippen LogP contribution in [0.4, 0.5) is 0 Å². The molecule has 1 saturated heterocycles. The first-order valence-electron chi connectivity index (χ1n) is 6.48. The molecule has 5 heteroatoms. The van der Waals surface area contributed by atoms with Gasteiger partial charge in [0.15, 0.2) is 0 Å². The van der Waals surface area contributed by atoms with E-state index in [9.17, 15) is 14.7 Å². The third-order valence-electron chi connectivity index (χ3n) is 4.05. The number of hydrogen-bond acceptors (Lipinski definition) is 3. The van der Waals surface area contributed by atoms with Crippen LogP contribution < -0.4 is 0 Å². The lowest BCUT2D eigenvalue weighted by Crippen LogP contribution is -2.44. The third kappa shape index (κ3) is 3.02. The van der Waals surface area contributed by atoms with Gasteiger partial charge in [-0.1, -0.05) is 27.2 Å². The van der Waals surface area contributed by atoms with Crippen LogP contribution in [-0.4, -0.2) is 47.7 Å². The lowest BCUT2D eigenvalue weighted by molar-refractivity contribution is -0.150. The van der Waals surface area contributed by atoms with E-state index in [2.05, 4.69) is 0 Å². The second kappa shape index (κ2) is 6.18. The molecule has 0 radical (unpaired) electrons. The smallest absolute Gasteiger partial charge is 0.326 e. The molecule has 0 aromatic rings. The van der Waals surface area contributed by atoms with Crippen LogP contribution in [0.2, 0.25) is 0 Å². The highest BCUT2D eigenvalue weighted by molar-refractivity contribution is 5.85. The van der Waals surface area contributed by atoms with E-state index in [0.717, 1.165) is 6.42 Å². The summed E-state index contributed by atoms with van der Waals surface area (Å²) in [7, 11) is 1.55. The predicted octanol–water partition coefficient (Wildman–Crippen LogP) is 1.37. The molecule has 0 bridgehead atoms. The molecule has 0 aromatic heterocycles. The van der Waals surface area contributed by atoms with Crippen LogP contribution >= 0.6 is 0 Å². The maximum Gasteiger partial charge on any atom is 0.326 e. The van der Waals surface area contributed by atoms with Gasteiger partial charge >= 0.3 is 5.97 Å². The zero-order valence-corrected chi connectivity index (χ0v) is 11.5. The number of hydrogen-bond donors (Lipinski definition) is 1. The second-order valence-electron chi connectivity index (χ2n) is 5.11. The van der Waals surface area contributed by atoms with Gasteiger partial charge in [-0.25, -0.2) is 4.79 Å². The quantitative estimate of drug-likeness (QED) is 0.807. The summed E-state index contributed by atoms with van der Waals surface area (Å²) < 4.78 is 5.18. The van der Waals surface area contributed by atoms with E-state index in [-0.39, 0.29) is 23.8 Å². The van der Waals surface area contributed by atoms with Gasteiger partial charge in [0.05, 0.1) is 6.10 Å². The Labute approximate surface area is 108 Å². The molecule has 1 rings (SSSR count). The van der Waals surface area contributed by atoms with Crippen molar-refractivity contribution in [3.8, 4) is 0 Å². The topological polar surface area (TPSA) is 66.8 Å². The Kier molecular flexibility index (Phi) is 5.14. The number of nitrogens with zero attached hydrogens (tertiary/aromatic N) is 1. The van der Waals surface area contributed by atoms with Crippen molar-refractivity contribution in [3.63, 3.8) is 0 Å². The number of aliphatic carboxylic acids is 1. The average molecular weight is 257 g/mol. The van der Waals surface area contributed by atoms with Crippen LogP contribution in [0.5, 0.6) is 0 Å². The van der Waals surface area contributed by atoms with Gasteiger partial charge in [0.1, 0.15) is 6.04 Å². The van der Waals surface area contributed by atoms with Gasteiger partial charge in [-0.15, -0.1) is 0 Å². The molecular weight excluding hydrogens is 234 g/mol. The van der Waals surface area contributed by atoms with Gasteiger partial charge in [-0.2, -0.15) is 0 Å². The molecule has 18 heavy (non-hydrogen) atoms. The van der Waals surface area contributed by atoms with Crippen molar-refractivity contribution in [3.05, 3.63) is 0 Å². The highest BCUT2D eigenvalue weighted by Gasteiger charge is 2.41. The Morgan fingerprint density at radius 3 is 2.50 bits per heavy atom. The molecule has 0 spiro atoms. The van der Waals surface area contributed by atoms with E-state index in [1.807, 2.05) is 20.8 Å². The minimum atomic E-state index is -0.945. The summed E-state index contributed by atoms with van der Waals surface area (Å²) in [6.07, 6.45) is 1.12. The number of rotatable bonds is 5. The zero-order chi connectivity index (χ0) is 13.9. The predicted molar refractivity (Wildman–Crippen MR) is 67.2 cm³/mol. The standard InChI is InChI=1S/C13H23NO4/c1-5-8(2)9(3)12(15)14-7-10(18-4)6-11(14)13(16)17/h8-11H,5-7H2,1-4H3,(H,16,17). The molecule has 1 heterocycles. The Morgan fingerprint density at radius 2 is 2.06 bits per heavy atom. The first-order chi connectivity index (χ1) is 8.42. The molecule has 1 fully saturated rings. The molecule has 104 valence electrons. The molecule has 1 N–H and O–H groups in total. The van der Waals surface area contributed by atoms with Crippen LogP contribution in [-0.2, 0) is 14.3 Å². The van der Waals surface area contributed by atoms with Crippen LogP contribution in [0.15, 0.2) is 0 Å². The fourth-order valence-corrected chi connectivity index (χ4v) is 2.30. The number of carboxylic acids is 1. The largest absolute Gasteiger partial charge is 0.480 e. The highest BCUT2D eigenvalue weighted by Crippen LogP contribution is 2.25. The number of carbonyl (C=O) groups is 2. The van der Waals surface area contributed by atoms with Crippen LogP contribution in [0.25, 0.3) is 0 Å².